The molecule has 0 bridgehead atoms. The first kappa shape index (κ1) is 15.8. The number of hydrogen-bond acceptors (Lipinski definition) is 4. The first-order valence-corrected chi connectivity index (χ1v) is 9.76. The monoisotopic (exact) mass is 340 g/mol. The number of fused-ring (bicyclic) bond motifs is 1. The van der Waals surface area contributed by atoms with Crippen molar-refractivity contribution in [2.75, 3.05) is 5.75 Å². The Bertz CT molecular complexity index is 737. The van der Waals surface area contributed by atoms with Crippen LogP contribution in [-0.2, 0) is 0 Å². The molecular formula is C19H24N4S. The second kappa shape index (κ2) is 6.28. The lowest BCUT2D eigenvalue weighted by molar-refractivity contribution is 0.243. The standard InChI is InChI=1S/C19H24N4S/c1-4-14-12-24-19-21-17(15-8-5-6-10-20-15)18(23(14)19)16-9-7-11-22(16)13(2)3/h5-11,13-14,17-18H,4,12H2,1-3H3/t14-,17-,18+/m0/s1. The average Bonchev–Trinajstić information content (AvgIpc) is 3.29. The summed E-state index contributed by atoms with van der Waals surface area (Å²) in [6, 6.07) is 11.9. The molecule has 5 heteroatoms. The van der Waals surface area contributed by atoms with Crippen LogP contribution in [0.4, 0.5) is 0 Å². The molecule has 4 nitrogen and oxygen atoms in total. The molecule has 0 amide bonds. The SMILES string of the molecule is CC[C@H]1CSC2=N[C@@H](c3ccccn3)[C@@H](c3cccn3C(C)C)N21. The first-order valence-electron chi connectivity index (χ1n) is 8.77. The van der Waals surface area contributed by atoms with Crippen molar-refractivity contribution < 1.29 is 0 Å². The lowest BCUT2D eigenvalue weighted by atomic mass is 9.99. The predicted molar refractivity (Wildman–Crippen MR) is 100 cm³/mol. The molecule has 1 fully saturated rings. The Labute approximate surface area is 148 Å². The van der Waals surface area contributed by atoms with Gasteiger partial charge in [-0.2, -0.15) is 0 Å². The highest BCUT2D eigenvalue weighted by atomic mass is 32.2. The largest absolute Gasteiger partial charge is 0.347 e. The van der Waals surface area contributed by atoms with Crippen molar-refractivity contribution in [3.05, 3.63) is 54.1 Å². The molecule has 2 aliphatic rings. The van der Waals surface area contributed by atoms with Gasteiger partial charge in [0.2, 0.25) is 0 Å². The molecule has 4 heterocycles. The zero-order valence-corrected chi connectivity index (χ0v) is 15.3. The fourth-order valence-corrected chi connectivity index (χ4v) is 5.14. The summed E-state index contributed by atoms with van der Waals surface area (Å²) in [5, 5.41) is 1.19. The van der Waals surface area contributed by atoms with Crippen molar-refractivity contribution in [2.24, 2.45) is 4.99 Å². The normalized spacial score (nSPS) is 26.1. The van der Waals surface area contributed by atoms with E-state index in [2.05, 4.69) is 65.7 Å². The molecule has 2 aliphatic heterocycles. The topological polar surface area (TPSA) is 33.4 Å². The Kier molecular flexibility index (Phi) is 4.12. The van der Waals surface area contributed by atoms with Crippen LogP contribution in [0.1, 0.15) is 56.7 Å². The van der Waals surface area contributed by atoms with E-state index in [1.165, 1.54) is 10.9 Å². The minimum absolute atomic E-state index is 0.0791. The van der Waals surface area contributed by atoms with Gasteiger partial charge >= 0.3 is 0 Å². The van der Waals surface area contributed by atoms with E-state index >= 15 is 0 Å². The third kappa shape index (κ3) is 2.46. The fourth-order valence-electron chi connectivity index (χ4n) is 3.80. The number of thioether (sulfide) groups is 1. The molecule has 0 aromatic carbocycles. The summed E-state index contributed by atoms with van der Waals surface area (Å²) in [6.45, 7) is 6.76. The van der Waals surface area contributed by atoms with Gasteiger partial charge in [-0.15, -0.1) is 0 Å². The van der Waals surface area contributed by atoms with Gasteiger partial charge in [-0.3, -0.25) is 9.98 Å². The zero-order chi connectivity index (χ0) is 16.7. The van der Waals surface area contributed by atoms with Gasteiger partial charge in [-0.25, -0.2) is 0 Å². The summed E-state index contributed by atoms with van der Waals surface area (Å²) in [6.07, 6.45) is 5.22. The smallest absolute Gasteiger partial charge is 0.160 e. The highest BCUT2D eigenvalue weighted by Crippen LogP contribution is 2.48. The maximum atomic E-state index is 5.09. The van der Waals surface area contributed by atoms with Gasteiger partial charge < -0.3 is 9.47 Å². The molecule has 0 aliphatic carbocycles. The number of rotatable bonds is 4. The van der Waals surface area contributed by atoms with E-state index in [0.717, 1.165) is 17.9 Å². The van der Waals surface area contributed by atoms with Crippen LogP contribution in [0.5, 0.6) is 0 Å². The molecule has 1 saturated heterocycles. The quantitative estimate of drug-likeness (QED) is 0.825. The van der Waals surface area contributed by atoms with E-state index in [4.69, 9.17) is 4.99 Å². The molecule has 4 rings (SSSR count). The van der Waals surface area contributed by atoms with Gasteiger partial charge in [0.15, 0.2) is 5.17 Å². The second-order valence-corrected chi connectivity index (χ2v) is 7.76. The highest BCUT2D eigenvalue weighted by Gasteiger charge is 2.46. The molecule has 2 aromatic rings. The minimum atomic E-state index is 0.0791. The van der Waals surface area contributed by atoms with Crippen molar-refractivity contribution in [3.8, 4) is 0 Å². The maximum absolute atomic E-state index is 5.09. The number of pyridine rings is 1. The summed E-state index contributed by atoms with van der Waals surface area (Å²) >= 11 is 1.90. The average molecular weight is 340 g/mol. The van der Waals surface area contributed by atoms with Crippen molar-refractivity contribution in [1.82, 2.24) is 14.5 Å². The number of hydrogen-bond donors (Lipinski definition) is 0. The van der Waals surface area contributed by atoms with E-state index in [1.807, 2.05) is 24.0 Å². The summed E-state index contributed by atoms with van der Waals surface area (Å²) in [4.78, 5) is 12.3. The van der Waals surface area contributed by atoms with Crippen molar-refractivity contribution in [2.45, 2.75) is 51.4 Å². The summed E-state index contributed by atoms with van der Waals surface area (Å²) in [5.74, 6) is 1.14. The summed E-state index contributed by atoms with van der Waals surface area (Å²) in [5.41, 5.74) is 2.41. The fraction of sp³-hybridized carbons (Fsp3) is 0.474. The molecule has 0 saturated carbocycles. The maximum Gasteiger partial charge on any atom is 0.160 e. The van der Waals surface area contributed by atoms with Gasteiger partial charge in [0.05, 0.1) is 11.7 Å². The van der Waals surface area contributed by atoms with Crippen LogP contribution in [0.3, 0.4) is 0 Å². The Morgan fingerprint density at radius 3 is 2.83 bits per heavy atom. The lowest BCUT2D eigenvalue weighted by Gasteiger charge is -2.33. The summed E-state index contributed by atoms with van der Waals surface area (Å²) in [7, 11) is 0. The van der Waals surface area contributed by atoms with Gasteiger partial charge in [0.25, 0.3) is 0 Å². The molecule has 3 atom stereocenters. The van der Waals surface area contributed by atoms with Crippen LogP contribution in [0.2, 0.25) is 0 Å². The second-order valence-electron chi connectivity index (χ2n) is 6.77. The third-order valence-corrected chi connectivity index (χ3v) is 6.13. The van der Waals surface area contributed by atoms with Crippen molar-refractivity contribution in [3.63, 3.8) is 0 Å². The Morgan fingerprint density at radius 1 is 1.25 bits per heavy atom. The molecular weight excluding hydrogens is 316 g/mol. The zero-order valence-electron chi connectivity index (χ0n) is 14.5. The van der Waals surface area contributed by atoms with Gasteiger partial charge in [-0.05, 0) is 44.5 Å². The van der Waals surface area contributed by atoms with Crippen LogP contribution >= 0.6 is 11.8 Å². The Morgan fingerprint density at radius 2 is 2.12 bits per heavy atom. The van der Waals surface area contributed by atoms with E-state index in [1.54, 1.807) is 0 Å². The third-order valence-electron chi connectivity index (χ3n) is 5.00. The van der Waals surface area contributed by atoms with Crippen LogP contribution in [0.25, 0.3) is 0 Å². The van der Waals surface area contributed by atoms with E-state index in [-0.39, 0.29) is 12.1 Å². The Hall–Kier alpha value is -1.75. The number of amidine groups is 1. The molecule has 0 unspecified atom stereocenters. The van der Waals surface area contributed by atoms with Crippen molar-refractivity contribution >= 4 is 16.9 Å². The highest BCUT2D eigenvalue weighted by molar-refractivity contribution is 8.14. The van der Waals surface area contributed by atoms with Crippen LogP contribution in [0, 0.1) is 0 Å². The van der Waals surface area contributed by atoms with E-state index in [0.29, 0.717) is 12.1 Å². The van der Waals surface area contributed by atoms with Crippen LogP contribution < -0.4 is 0 Å². The first-order chi connectivity index (χ1) is 11.7. The van der Waals surface area contributed by atoms with Crippen LogP contribution in [0.15, 0.2) is 47.7 Å². The van der Waals surface area contributed by atoms with Gasteiger partial charge in [-0.1, -0.05) is 24.8 Å². The molecule has 0 N–H and O–H groups in total. The lowest BCUT2D eigenvalue weighted by Crippen LogP contribution is -2.36. The van der Waals surface area contributed by atoms with Crippen molar-refractivity contribution in [1.29, 1.82) is 0 Å². The molecule has 0 radical (unpaired) electrons. The predicted octanol–water partition coefficient (Wildman–Crippen LogP) is 4.44. The van der Waals surface area contributed by atoms with Gasteiger partial charge in [0.1, 0.15) is 6.04 Å². The van der Waals surface area contributed by atoms with Gasteiger partial charge in [0, 0.05) is 35.9 Å². The van der Waals surface area contributed by atoms with E-state index < -0.39 is 0 Å². The molecule has 2 aromatic heterocycles. The molecule has 0 spiro atoms. The van der Waals surface area contributed by atoms with Crippen LogP contribution in [-0.4, -0.2) is 31.4 Å². The van der Waals surface area contributed by atoms with E-state index in [9.17, 15) is 0 Å². The number of aromatic nitrogens is 2. The Balaban J connectivity index is 1.81. The number of aliphatic imine (C=N–C) groups is 1. The molecule has 24 heavy (non-hydrogen) atoms. The molecule has 126 valence electrons. The summed E-state index contributed by atoms with van der Waals surface area (Å²) < 4.78 is 2.38. The number of nitrogens with zero attached hydrogens (tertiary/aromatic N) is 4. The minimum Gasteiger partial charge on any atom is -0.347 e.